The highest BCUT2D eigenvalue weighted by Gasteiger charge is 2.13. The molecule has 0 aliphatic rings. The highest BCUT2D eigenvalue weighted by Crippen LogP contribution is 2.26. The van der Waals surface area contributed by atoms with Gasteiger partial charge in [0.1, 0.15) is 5.01 Å². The molecule has 0 saturated carbocycles. The van der Waals surface area contributed by atoms with E-state index < -0.39 is 0 Å². The van der Waals surface area contributed by atoms with Crippen LogP contribution in [0.25, 0.3) is 10.2 Å². The zero-order valence-electron chi connectivity index (χ0n) is 12.9. The Morgan fingerprint density at radius 3 is 2.92 bits per heavy atom. The van der Waals surface area contributed by atoms with Crippen LogP contribution in [-0.2, 0) is 18.0 Å². The van der Waals surface area contributed by atoms with Crippen LogP contribution >= 0.6 is 27.3 Å². The molecule has 2 aromatic carbocycles. The number of ether oxygens (including phenoxy) is 1. The van der Waals surface area contributed by atoms with Crippen molar-refractivity contribution in [3.05, 3.63) is 57.0 Å². The normalized spacial score (nSPS) is 11.0. The zero-order valence-corrected chi connectivity index (χ0v) is 15.3. The Morgan fingerprint density at radius 2 is 2.17 bits per heavy atom. The summed E-state index contributed by atoms with van der Waals surface area (Å²) in [6.07, 6.45) is 0. The number of anilines is 1. The van der Waals surface area contributed by atoms with E-state index in [9.17, 15) is 4.79 Å². The molecule has 0 spiro atoms. The molecule has 7 heteroatoms. The summed E-state index contributed by atoms with van der Waals surface area (Å²) in [5.74, 6) is -0.202. The van der Waals surface area contributed by atoms with Crippen LogP contribution in [0.3, 0.4) is 0 Å². The highest BCUT2D eigenvalue weighted by atomic mass is 79.9. The number of fused-ring (bicyclic) bond motifs is 1. The molecule has 1 heterocycles. The van der Waals surface area contributed by atoms with E-state index in [0.29, 0.717) is 22.9 Å². The van der Waals surface area contributed by atoms with E-state index in [-0.39, 0.29) is 12.5 Å². The molecule has 3 aromatic rings. The second kappa shape index (κ2) is 7.40. The summed E-state index contributed by atoms with van der Waals surface area (Å²) in [4.78, 5) is 16.9. The van der Waals surface area contributed by atoms with Crippen LogP contribution in [0.4, 0.5) is 5.69 Å². The maximum absolute atomic E-state index is 12.6. The van der Waals surface area contributed by atoms with Gasteiger partial charge in [0.25, 0.3) is 5.91 Å². The van der Waals surface area contributed by atoms with Crippen LogP contribution in [0, 0.1) is 0 Å². The third-order valence-electron chi connectivity index (χ3n) is 3.44. The minimum Gasteiger partial charge on any atom is -0.389 e. The van der Waals surface area contributed by atoms with E-state index in [4.69, 9.17) is 9.84 Å². The fourth-order valence-corrected chi connectivity index (χ4v) is 3.59. The smallest absolute Gasteiger partial charge is 0.256 e. The number of aliphatic hydroxyl groups excluding tert-OH is 1. The molecule has 0 aliphatic carbocycles. The van der Waals surface area contributed by atoms with Crippen LogP contribution in [0.1, 0.15) is 20.9 Å². The lowest BCUT2D eigenvalue weighted by atomic mass is 10.1. The number of carbonyl (C=O) groups is 1. The topological polar surface area (TPSA) is 71.5 Å². The second-order valence-electron chi connectivity index (χ2n) is 5.14. The molecule has 124 valence electrons. The number of nitrogens with one attached hydrogen (secondary N) is 1. The van der Waals surface area contributed by atoms with E-state index in [1.807, 2.05) is 24.3 Å². The van der Waals surface area contributed by atoms with E-state index in [1.54, 1.807) is 19.2 Å². The number of carbonyl (C=O) groups excluding carboxylic acids is 1. The molecular formula is C17H15BrN2O3S. The van der Waals surface area contributed by atoms with E-state index in [1.165, 1.54) is 11.3 Å². The summed E-state index contributed by atoms with van der Waals surface area (Å²) in [5, 5.41) is 12.7. The Hall–Kier alpha value is -1.80. The van der Waals surface area contributed by atoms with Crippen molar-refractivity contribution in [1.82, 2.24) is 4.98 Å². The molecule has 0 radical (unpaired) electrons. The molecular weight excluding hydrogens is 392 g/mol. The van der Waals surface area contributed by atoms with Gasteiger partial charge in [0.05, 0.1) is 23.4 Å². The summed E-state index contributed by atoms with van der Waals surface area (Å²) in [6.45, 7) is 0.271. The number of hydrogen-bond acceptors (Lipinski definition) is 5. The van der Waals surface area contributed by atoms with Crippen molar-refractivity contribution in [3.8, 4) is 0 Å². The standard InChI is InChI=1S/C17H15BrN2O3S/c1-23-9-10-6-11(18)2-4-13(10)17(22)19-12-3-5-15-14(7-12)20-16(8-21)24-15/h2-7,21H,8-9H2,1H3,(H,19,22). The largest absolute Gasteiger partial charge is 0.389 e. The lowest BCUT2D eigenvalue weighted by Gasteiger charge is -2.10. The van der Waals surface area contributed by atoms with Gasteiger partial charge in [0.15, 0.2) is 0 Å². The van der Waals surface area contributed by atoms with Gasteiger partial charge in [-0.15, -0.1) is 11.3 Å². The Labute approximate surface area is 151 Å². The average molecular weight is 407 g/mol. The van der Waals surface area contributed by atoms with Crippen molar-refractivity contribution in [3.63, 3.8) is 0 Å². The first-order valence-corrected chi connectivity index (χ1v) is 8.80. The van der Waals surface area contributed by atoms with Crippen molar-refractivity contribution in [2.45, 2.75) is 13.2 Å². The van der Waals surface area contributed by atoms with Gasteiger partial charge in [-0.25, -0.2) is 4.98 Å². The Morgan fingerprint density at radius 1 is 1.33 bits per heavy atom. The summed E-state index contributed by atoms with van der Waals surface area (Å²) < 4.78 is 7.03. The van der Waals surface area contributed by atoms with Gasteiger partial charge in [-0.2, -0.15) is 0 Å². The first kappa shape index (κ1) is 17.0. The van der Waals surface area contributed by atoms with Crippen molar-refractivity contribution in [2.75, 3.05) is 12.4 Å². The van der Waals surface area contributed by atoms with Crippen LogP contribution in [-0.4, -0.2) is 23.1 Å². The van der Waals surface area contributed by atoms with E-state index in [0.717, 1.165) is 20.3 Å². The van der Waals surface area contributed by atoms with Crippen LogP contribution < -0.4 is 5.32 Å². The quantitative estimate of drug-likeness (QED) is 0.672. The summed E-state index contributed by atoms with van der Waals surface area (Å²) in [6, 6.07) is 11.0. The zero-order chi connectivity index (χ0) is 17.1. The maximum Gasteiger partial charge on any atom is 0.256 e. The lowest BCUT2D eigenvalue weighted by Crippen LogP contribution is -2.14. The molecule has 0 saturated heterocycles. The fourth-order valence-electron chi connectivity index (χ4n) is 2.38. The van der Waals surface area contributed by atoms with Gasteiger partial charge in [-0.05, 0) is 42.0 Å². The van der Waals surface area contributed by atoms with Gasteiger partial charge >= 0.3 is 0 Å². The number of halogens is 1. The SMILES string of the molecule is COCc1cc(Br)ccc1C(=O)Nc1ccc2sc(CO)nc2c1. The summed E-state index contributed by atoms with van der Waals surface area (Å²) in [5.41, 5.74) is 2.79. The number of aliphatic hydroxyl groups is 1. The number of methoxy groups -OCH3 is 1. The van der Waals surface area contributed by atoms with Crippen LogP contribution in [0.5, 0.6) is 0 Å². The minimum absolute atomic E-state index is 0.0830. The number of aromatic nitrogens is 1. The van der Waals surface area contributed by atoms with Gasteiger partial charge in [-0.3, -0.25) is 4.79 Å². The maximum atomic E-state index is 12.6. The predicted octanol–water partition coefficient (Wildman–Crippen LogP) is 3.95. The number of rotatable bonds is 5. The number of thiazole rings is 1. The molecule has 3 rings (SSSR count). The third-order valence-corrected chi connectivity index (χ3v) is 4.95. The van der Waals surface area contributed by atoms with Crippen molar-refractivity contribution < 1.29 is 14.6 Å². The van der Waals surface area contributed by atoms with Crippen molar-refractivity contribution in [1.29, 1.82) is 0 Å². The molecule has 1 aromatic heterocycles. The summed E-state index contributed by atoms with van der Waals surface area (Å²) >= 11 is 4.84. The summed E-state index contributed by atoms with van der Waals surface area (Å²) in [7, 11) is 1.59. The molecule has 0 unspecified atom stereocenters. The van der Waals surface area contributed by atoms with Crippen molar-refractivity contribution >= 4 is 49.1 Å². The van der Waals surface area contributed by atoms with Crippen molar-refractivity contribution in [2.24, 2.45) is 0 Å². The molecule has 0 aliphatic heterocycles. The molecule has 24 heavy (non-hydrogen) atoms. The van der Waals surface area contributed by atoms with E-state index >= 15 is 0 Å². The van der Waals surface area contributed by atoms with Gasteiger partial charge < -0.3 is 15.2 Å². The number of amides is 1. The lowest BCUT2D eigenvalue weighted by molar-refractivity contribution is 0.102. The first-order chi connectivity index (χ1) is 11.6. The molecule has 0 atom stereocenters. The van der Waals surface area contributed by atoms with Gasteiger partial charge in [-0.1, -0.05) is 15.9 Å². The van der Waals surface area contributed by atoms with Gasteiger partial charge in [0.2, 0.25) is 0 Å². The van der Waals surface area contributed by atoms with Gasteiger partial charge in [0, 0.05) is 22.8 Å². The molecule has 0 bridgehead atoms. The molecule has 2 N–H and O–H groups in total. The first-order valence-electron chi connectivity index (χ1n) is 7.19. The third kappa shape index (κ3) is 3.64. The second-order valence-corrected chi connectivity index (χ2v) is 7.17. The Bertz CT molecular complexity index is 895. The Kier molecular flexibility index (Phi) is 5.25. The number of benzene rings is 2. The minimum atomic E-state index is -0.202. The van der Waals surface area contributed by atoms with Crippen LogP contribution in [0.2, 0.25) is 0 Å². The highest BCUT2D eigenvalue weighted by molar-refractivity contribution is 9.10. The average Bonchev–Trinajstić information content (AvgIpc) is 2.97. The van der Waals surface area contributed by atoms with E-state index in [2.05, 4.69) is 26.2 Å². The fraction of sp³-hybridized carbons (Fsp3) is 0.176. The predicted molar refractivity (Wildman–Crippen MR) is 98.4 cm³/mol. The monoisotopic (exact) mass is 406 g/mol. The van der Waals surface area contributed by atoms with Crippen LogP contribution in [0.15, 0.2) is 40.9 Å². The Balaban J connectivity index is 1.86. The molecule has 0 fully saturated rings. The molecule has 1 amide bonds. The number of nitrogens with zero attached hydrogens (tertiary/aromatic N) is 1. The number of hydrogen-bond donors (Lipinski definition) is 2. The molecule has 5 nitrogen and oxygen atoms in total.